The van der Waals surface area contributed by atoms with Crippen molar-refractivity contribution in [2.45, 2.75) is 93.7 Å². The van der Waals surface area contributed by atoms with E-state index < -0.39 is 68.5 Å². The molecule has 18 heteroatoms. The smallest absolute Gasteiger partial charge is 0.259 e. The monoisotopic (exact) mass is 851 g/mol. The van der Waals surface area contributed by atoms with Crippen LogP contribution in [0.1, 0.15) is 73.8 Å². The van der Waals surface area contributed by atoms with Crippen molar-refractivity contribution in [3.63, 3.8) is 0 Å². The van der Waals surface area contributed by atoms with Crippen LogP contribution in [0.3, 0.4) is 0 Å². The second kappa shape index (κ2) is 15.7. The van der Waals surface area contributed by atoms with E-state index in [9.17, 15) is 27.6 Å². The molecule has 2 saturated carbocycles. The van der Waals surface area contributed by atoms with Gasteiger partial charge in [-0.15, -0.1) is 11.3 Å². The van der Waals surface area contributed by atoms with Crippen LogP contribution < -0.4 is 20.1 Å². The number of nitrogens with one attached hydrogen (secondary N) is 3. The number of carbonyl (C=O) groups is 4. The highest BCUT2D eigenvalue weighted by atomic mass is 32.2. The number of sulfonamides is 1. The molecule has 2 aliphatic carbocycles. The first-order valence-corrected chi connectivity index (χ1v) is 22.7. The van der Waals surface area contributed by atoms with Crippen LogP contribution >= 0.6 is 11.3 Å². The van der Waals surface area contributed by atoms with E-state index in [1.54, 1.807) is 20.2 Å². The topological polar surface area (TPSA) is 207 Å². The quantitative estimate of drug-likeness (QED) is 0.190. The van der Waals surface area contributed by atoms with Crippen molar-refractivity contribution in [1.29, 1.82) is 0 Å². The molecule has 16 nitrogen and oxygen atoms in total. The van der Waals surface area contributed by atoms with Crippen LogP contribution in [0.25, 0.3) is 32.0 Å². The lowest BCUT2D eigenvalue weighted by Gasteiger charge is -2.30. The Balaban J connectivity index is 1.06. The Kier molecular flexibility index (Phi) is 10.4. The third-order valence-corrected chi connectivity index (χ3v) is 14.6. The number of carbonyl (C=O) groups excluding carboxylic acids is 4. The molecular weight excluding hydrogens is 807 g/mol. The van der Waals surface area contributed by atoms with Crippen LogP contribution in [-0.2, 0) is 31.5 Å². The molecule has 5 atom stereocenters. The molecule has 9 rings (SSSR count). The van der Waals surface area contributed by atoms with Gasteiger partial charge in [-0.25, -0.2) is 23.4 Å². The zero-order chi connectivity index (χ0) is 41.8. The first-order chi connectivity index (χ1) is 28.9. The molecule has 0 spiro atoms. The average molecular weight is 852 g/mol. The van der Waals surface area contributed by atoms with Gasteiger partial charge in [0.1, 0.15) is 28.7 Å². The van der Waals surface area contributed by atoms with E-state index in [2.05, 4.69) is 20.5 Å². The fourth-order valence-electron chi connectivity index (χ4n) is 8.24. The Morgan fingerprint density at radius 3 is 2.45 bits per heavy atom. The lowest BCUT2D eigenvalue weighted by Crippen LogP contribution is -2.58. The van der Waals surface area contributed by atoms with Crippen LogP contribution in [0.4, 0.5) is 0 Å². The van der Waals surface area contributed by atoms with E-state index in [-0.39, 0.29) is 25.3 Å². The fourth-order valence-corrected chi connectivity index (χ4v) is 10.6. The van der Waals surface area contributed by atoms with Crippen LogP contribution in [0, 0.1) is 12.8 Å². The van der Waals surface area contributed by atoms with Crippen LogP contribution in [0.15, 0.2) is 66.9 Å². The summed E-state index contributed by atoms with van der Waals surface area (Å²) in [4.78, 5) is 73.1. The van der Waals surface area contributed by atoms with Gasteiger partial charge < -0.3 is 20.3 Å². The summed E-state index contributed by atoms with van der Waals surface area (Å²) in [6.07, 6.45) is 8.94. The number of para-hydroxylation sites is 3. The summed E-state index contributed by atoms with van der Waals surface area (Å²) in [5.41, 5.74) is 1.72. The lowest BCUT2D eigenvalue weighted by atomic mass is 10.0. The summed E-state index contributed by atoms with van der Waals surface area (Å²) in [6.45, 7) is 1.66. The standard InChI is InChI=1S/C42H45N9O7S2/c1-24-28(23-50(2)48-24)36(52)44-32-16-7-5-3-4-6-12-25-21-42(25,41(55)49-60(56,57)27-18-19-27)47-37(53)33-20-26(22-51(33)40(32)54)58-38-35(43-29-13-8-9-14-30(29)45-38)39-46-31-15-10-11-17-34(31)59-39/h6,8-15,17,23,25-27,32-33H,3-5,7,16,18-22H2,1-2H3,(H,44,52)(H,47,53)(H,49,55)/t25-,26-,32+,33+,42-/m1/s1. The number of nitrogens with zero attached hydrogens (tertiary/aromatic N) is 6. The Morgan fingerprint density at radius 2 is 1.72 bits per heavy atom. The van der Waals surface area contributed by atoms with E-state index in [0.29, 0.717) is 65.1 Å². The molecule has 3 N–H and O–H groups in total. The summed E-state index contributed by atoms with van der Waals surface area (Å²) >= 11 is 1.44. The minimum absolute atomic E-state index is 0.00627. The van der Waals surface area contributed by atoms with Gasteiger partial charge in [0.25, 0.3) is 11.8 Å². The highest BCUT2D eigenvalue weighted by Crippen LogP contribution is 2.46. The Morgan fingerprint density at radius 1 is 0.967 bits per heavy atom. The molecule has 0 bridgehead atoms. The van der Waals surface area contributed by atoms with Gasteiger partial charge in [0.05, 0.1) is 44.3 Å². The summed E-state index contributed by atoms with van der Waals surface area (Å²) in [5, 5.41) is 10.1. The summed E-state index contributed by atoms with van der Waals surface area (Å²) in [7, 11) is -2.21. The number of thiazole rings is 1. The molecule has 4 aliphatic rings. The van der Waals surface area contributed by atoms with E-state index >= 15 is 0 Å². The second-order valence-corrected chi connectivity index (χ2v) is 19.2. The minimum atomic E-state index is -3.92. The van der Waals surface area contributed by atoms with Gasteiger partial charge in [0.2, 0.25) is 27.7 Å². The second-order valence-electron chi connectivity index (χ2n) is 16.2. The predicted molar refractivity (Wildman–Crippen MR) is 223 cm³/mol. The molecule has 4 amide bonds. The highest BCUT2D eigenvalue weighted by molar-refractivity contribution is 7.91. The third-order valence-electron chi connectivity index (χ3n) is 11.7. The van der Waals surface area contributed by atoms with Crippen molar-refractivity contribution < 1.29 is 32.3 Å². The van der Waals surface area contributed by atoms with Gasteiger partial charge in [-0.3, -0.25) is 28.6 Å². The molecule has 2 aliphatic heterocycles. The molecule has 3 aromatic heterocycles. The molecule has 0 radical (unpaired) electrons. The number of amides is 4. The zero-order valence-electron chi connectivity index (χ0n) is 33.2. The molecule has 0 unspecified atom stereocenters. The van der Waals surface area contributed by atoms with Crippen LogP contribution in [0.2, 0.25) is 0 Å². The molecule has 5 heterocycles. The highest BCUT2D eigenvalue weighted by Gasteiger charge is 2.62. The van der Waals surface area contributed by atoms with Crippen molar-refractivity contribution in [3.8, 4) is 16.6 Å². The maximum Gasteiger partial charge on any atom is 0.259 e. The van der Waals surface area contributed by atoms with E-state index in [0.717, 1.165) is 23.1 Å². The van der Waals surface area contributed by atoms with E-state index in [4.69, 9.17) is 19.7 Å². The fraction of sp³-hybridized carbons (Fsp3) is 0.429. The summed E-state index contributed by atoms with van der Waals surface area (Å²) in [5.74, 6) is -2.65. The number of benzene rings is 2. The number of ether oxygens (including phenoxy) is 1. The Labute approximate surface area is 350 Å². The Hall–Kier alpha value is -5.75. The third kappa shape index (κ3) is 7.85. The lowest BCUT2D eigenvalue weighted by molar-refractivity contribution is -0.141. The molecule has 312 valence electrons. The zero-order valence-corrected chi connectivity index (χ0v) is 34.8. The normalized spacial score (nSPS) is 24.9. The molecule has 60 heavy (non-hydrogen) atoms. The van der Waals surface area contributed by atoms with Crippen molar-refractivity contribution in [3.05, 3.63) is 78.1 Å². The molecule has 1 saturated heterocycles. The first kappa shape index (κ1) is 39.7. The van der Waals surface area contributed by atoms with Gasteiger partial charge in [-0.05, 0) is 69.7 Å². The minimum Gasteiger partial charge on any atom is -0.471 e. The SMILES string of the molecule is Cc1nn(C)cc1C(=O)N[C@H]1CCCCCC=C[C@@H]2C[C@@]2(C(=O)NS(=O)(=O)C2CC2)NC(=O)[C@@H]2C[C@@H](Oc3nc4ccccc4nc3-c3nc4ccccc4s3)CN2C1=O. The number of fused-ring (bicyclic) bond motifs is 4. The molecular formula is C42H45N9O7S2. The van der Waals surface area contributed by atoms with Crippen LogP contribution in [0.5, 0.6) is 5.88 Å². The van der Waals surface area contributed by atoms with Crippen molar-refractivity contribution >= 4 is 66.2 Å². The van der Waals surface area contributed by atoms with Gasteiger partial charge in [0, 0.05) is 25.6 Å². The van der Waals surface area contributed by atoms with Crippen molar-refractivity contribution in [1.82, 2.24) is 45.0 Å². The number of hydrogen-bond donors (Lipinski definition) is 3. The van der Waals surface area contributed by atoms with E-state index in [1.807, 2.05) is 60.7 Å². The predicted octanol–water partition coefficient (Wildman–Crippen LogP) is 4.10. The molecule has 5 aromatic rings. The summed E-state index contributed by atoms with van der Waals surface area (Å²) < 4.78 is 37.3. The maximum atomic E-state index is 14.9. The maximum absolute atomic E-state index is 14.9. The molecule has 2 aromatic carbocycles. The van der Waals surface area contributed by atoms with Gasteiger partial charge in [-0.2, -0.15) is 5.10 Å². The average Bonchev–Trinajstić information content (AvgIpc) is 4.07. The molecule has 3 fully saturated rings. The summed E-state index contributed by atoms with van der Waals surface area (Å²) in [6, 6.07) is 12.9. The van der Waals surface area contributed by atoms with Gasteiger partial charge in [0.15, 0.2) is 5.69 Å². The number of hydrogen-bond acceptors (Lipinski definition) is 12. The van der Waals surface area contributed by atoms with Gasteiger partial charge >= 0.3 is 0 Å². The number of aromatic nitrogens is 5. The van der Waals surface area contributed by atoms with Crippen LogP contribution in [-0.4, -0.2) is 97.2 Å². The van der Waals surface area contributed by atoms with Crippen molar-refractivity contribution in [2.24, 2.45) is 13.0 Å². The first-order valence-electron chi connectivity index (χ1n) is 20.3. The number of allylic oxidation sites excluding steroid dienone is 1. The Bertz CT molecular complexity index is 2640. The number of rotatable bonds is 8. The van der Waals surface area contributed by atoms with Gasteiger partial charge in [-0.1, -0.05) is 49.3 Å². The van der Waals surface area contributed by atoms with Crippen molar-refractivity contribution in [2.75, 3.05) is 6.54 Å². The largest absolute Gasteiger partial charge is 0.471 e. The number of aryl methyl sites for hydroxylation is 2. The van der Waals surface area contributed by atoms with E-state index in [1.165, 1.54) is 20.9 Å².